The minimum Gasteiger partial charge on any atom is -0.370 e. The Morgan fingerprint density at radius 3 is 2.76 bits per heavy atom. The summed E-state index contributed by atoms with van der Waals surface area (Å²) in [4.78, 5) is 33.7. The van der Waals surface area contributed by atoms with Crippen molar-refractivity contribution in [3.05, 3.63) is 23.5 Å². The van der Waals surface area contributed by atoms with Crippen LogP contribution in [-0.2, 0) is 20.8 Å². The van der Waals surface area contributed by atoms with E-state index in [-0.39, 0.29) is 18.0 Å². The second-order valence-corrected chi connectivity index (χ2v) is 4.80. The van der Waals surface area contributed by atoms with Crippen LogP contribution in [0.1, 0.15) is 18.4 Å². The van der Waals surface area contributed by atoms with Gasteiger partial charge in [0.2, 0.25) is 17.7 Å². The maximum Gasteiger partial charge on any atom is 0.241 e. The molecule has 1 aliphatic heterocycles. The van der Waals surface area contributed by atoms with Gasteiger partial charge in [-0.05, 0) is 24.1 Å². The number of nitrogens with two attached hydrogens (primary N) is 2. The van der Waals surface area contributed by atoms with Gasteiger partial charge < -0.3 is 22.1 Å². The summed E-state index contributed by atoms with van der Waals surface area (Å²) in [5.41, 5.74) is 11.4. The molecule has 8 heteroatoms. The molecule has 0 bridgehead atoms. The molecule has 2 rings (SSSR count). The molecule has 0 radical (unpaired) electrons. The highest BCUT2D eigenvalue weighted by Crippen LogP contribution is 2.28. The monoisotopic (exact) mass is 294 g/mol. The highest BCUT2D eigenvalue weighted by atomic mass is 19.1. The molecule has 0 aromatic heterocycles. The van der Waals surface area contributed by atoms with E-state index in [0.29, 0.717) is 24.1 Å². The van der Waals surface area contributed by atoms with Crippen molar-refractivity contribution in [2.75, 3.05) is 10.6 Å². The SMILES string of the molecule is NC(=O)CC(N)C(=O)Nc1cc2c(cc1F)CCC(=O)N2. The van der Waals surface area contributed by atoms with Gasteiger partial charge in [0.15, 0.2) is 0 Å². The molecule has 7 nitrogen and oxygen atoms in total. The first-order chi connectivity index (χ1) is 9.86. The van der Waals surface area contributed by atoms with Crippen LogP contribution in [0.15, 0.2) is 12.1 Å². The third kappa shape index (κ3) is 3.54. The van der Waals surface area contributed by atoms with Gasteiger partial charge in [-0.15, -0.1) is 0 Å². The van der Waals surface area contributed by atoms with Gasteiger partial charge in [0.1, 0.15) is 5.82 Å². The molecule has 1 unspecified atom stereocenters. The zero-order valence-electron chi connectivity index (χ0n) is 11.1. The molecule has 1 aromatic rings. The zero-order valence-corrected chi connectivity index (χ0v) is 11.1. The van der Waals surface area contributed by atoms with E-state index in [1.54, 1.807) is 0 Å². The molecule has 6 N–H and O–H groups in total. The number of aryl methyl sites for hydroxylation is 1. The Labute approximate surface area is 119 Å². The summed E-state index contributed by atoms with van der Waals surface area (Å²) in [5, 5.41) is 4.88. The van der Waals surface area contributed by atoms with E-state index in [1.165, 1.54) is 12.1 Å². The molecule has 0 fully saturated rings. The fourth-order valence-electron chi connectivity index (χ4n) is 2.03. The predicted molar refractivity (Wildman–Crippen MR) is 73.8 cm³/mol. The number of hydrogen-bond donors (Lipinski definition) is 4. The van der Waals surface area contributed by atoms with Crippen LogP contribution in [0.5, 0.6) is 0 Å². The molecule has 0 saturated heterocycles. The van der Waals surface area contributed by atoms with Crippen molar-refractivity contribution in [1.29, 1.82) is 0 Å². The topological polar surface area (TPSA) is 127 Å². The van der Waals surface area contributed by atoms with Gasteiger partial charge >= 0.3 is 0 Å². The Morgan fingerprint density at radius 2 is 2.10 bits per heavy atom. The maximum atomic E-state index is 13.9. The van der Waals surface area contributed by atoms with Crippen LogP contribution in [0.2, 0.25) is 0 Å². The minimum atomic E-state index is -1.16. The summed E-state index contributed by atoms with van der Waals surface area (Å²) < 4.78 is 13.9. The standard InChI is InChI=1S/C13H15FN4O3/c14-7-3-6-1-2-12(20)17-9(6)5-10(7)18-13(21)8(15)4-11(16)19/h3,5,8H,1-2,4,15H2,(H2,16,19)(H,17,20)(H,18,21). The van der Waals surface area contributed by atoms with Crippen molar-refractivity contribution < 1.29 is 18.8 Å². The smallest absolute Gasteiger partial charge is 0.241 e. The third-order valence-corrected chi connectivity index (χ3v) is 3.10. The average molecular weight is 294 g/mol. The van der Waals surface area contributed by atoms with E-state index >= 15 is 0 Å². The molecule has 3 amide bonds. The number of hydrogen-bond acceptors (Lipinski definition) is 4. The Bertz CT molecular complexity index is 618. The number of primary amides is 1. The van der Waals surface area contributed by atoms with Crippen molar-refractivity contribution in [2.45, 2.75) is 25.3 Å². The fourth-order valence-corrected chi connectivity index (χ4v) is 2.03. The van der Waals surface area contributed by atoms with Crippen LogP contribution in [0.25, 0.3) is 0 Å². The number of carbonyl (C=O) groups excluding carboxylic acids is 3. The van der Waals surface area contributed by atoms with Crippen LogP contribution in [0, 0.1) is 5.82 Å². The number of rotatable bonds is 4. The second-order valence-electron chi connectivity index (χ2n) is 4.80. The van der Waals surface area contributed by atoms with Crippen LogP contribution >= 0.6 is 0 Å². The lowest BCUT2D eigenvalue weighted by Crippen LogP contribution is -2.39. The molecule has 1 aromatic carbocycles. The minimum absolute atomic E-state index is 0.110. The second kappa shape index (κ2) is 5.88. The summed E-state index contributed by atoms with van der Waals surface area (Å²) in [6.45, 7) is 0. The van der Waals surface area contributed by atoms with Crippen LogP contribution in [-0.4, -0.2) is 23.8 Å². The molecule has 0 spiro atoms. The van der Waals surface area contributed by atoms with E-state index in [2.05, 4.69) is 10.6 Å². The van der Waals surface area contributed by atoms with Gasteiger partial charge in [-0.1, -0.05) is 0 Å². The van der Waals surface area contributed by atoms with Crippen LogP contribution in [0.4, 0.5) is 15.8 Å². The molecule has 0 aliphatic carbocycles. The van der Waals surface area contributed by atoms with Gasteiger partial charge in [-0.25, -0.2) is 4.39 Å². The van der Waals surface area contributed by atoms with Crippen LogP contribution < -0.4 is 22.1 Å². The number of nitrogens with one attached hydrogen (secondary N) is 2. The zero-order chi connectivity index (χ0) is 15.6. The molecular formula is C13H15FN4O3. The summed E-state index contributed by atoms with van der Waals surface area (Å²) >= 11 is 0. The Balaban J connectivity index is 2.17. The highest BCUT2D eigenvalue weighted by Gasteiger charge is 2.21. The first-order valence-electron chi connectivity index (χ1n) is 6.34. The summed E-state index contributed by atoms with van der Waals surface area (Å²) in [5.74, 6) is -2.26. The van der Waals surface area contributed by atoms with E-state index in [1.807, 2.05) is 0 Å². The molecule has 112 valence electrons. The molecule has 21 heavy (non-hydrogen) atoms. The third-order valence-electron chi connectivity index (χ3n) is 3.10. The van der Waals surface area contributed by atoms with Crippen molar-refractivity contribution in [3.8, 4) is 0 Å². The summed E-state index contributed by atoms with van der Waals surface area (Å²) in [7, 11) is 0. The Kier molecular flexibility index (Phi) is 4.18. The molecule has 0 saturated carbocycles. The first kappa shape index (κ1) is 14.9. The van der Waals surface area contributed by atoms with Crippen molar-refractivity contribution in [1.82, 2.24) is 0 Å². The van der Waals surface area contributed by atoms with Gasteiger partial charge in [0.05, 0.1) is 18.2 Å². The number of halogens is 1. The lowest BCUT2D eigenvalue weighted by molar-refractivity contribution is -0.123. The molecule has 1 atom stereocenters. The van der Waals surface area contributed by atoms with E-state index in [9.17, 15) is 18.8 Å². The summed E-state index contributed by atoms with van der Waals surface area (Å²) in [6, 6.07) is 1.42. The van der Waals surface area contributed by atoms with Gasteiger partial charge in [0, 0.05) is 12.1 Å². The van der Waals surface area contributed by atoms with Gasteiger partial charge in [-0.2, -0.15) is 0 Å². The number of carbonyl (C=O) groups is 3. The molecule has 1 heterocycles. The summed E-state index contributed by atoms with van der Waals surface area (Å²) in [6.07, 6.45) is 0.393. The quantitative estimate of drug-likeness (QED) is 0.615. The molecular weight excluding hydrogens is 279 g/mol. The van der Waals surface area contributed by atoms with Gasteiger partial charge in [-0.3, -0.25) is 14.4 Å². The van der Waals surface area contributed by atoms with E-state index in [0.717, 1.165) is 0 Å². The van der Waals surface area contributed by atoms with Crippen molar-refractivity contribution in [3.63, 3.8) is 0 Å². The van der Waals surface area contributed by atoms with Crippen molar-refractivity contribution in [2.24, 2.45) is 11.5 Å². The maximum absolute atomic E-state index is 13.9. The number of amides is 3. The number of anilines is 2. The lowest BCUT2D eigenvalue weighted by atomic mass is 10.0. The highest BCUT2D eigenvalue weighted by molar-refractivity contribution is 5.99. The van der Waals surface area contributed by atoms with E-state index in [4.69, 9.17) is 11.5 Å². The van der Waals surface area contributed by atoms with E-state index < -0.39 is 23.7 Å². The normalized spacial score (nSPS) is 14.9. The predicted octanol–water partition coefficient (Wildman–Crippen LogP) is -0.148. The van der Waals surface area contributed by atoms with Gasteiger partial charge in [0.25, 0.3) is 0 Å². The lowest BCUT2D eigenvalue weighted by Gasteiger charge is -2.19. The molecule has 1 aliphatic rings. The average Bonchev–Trinajstić information content (AvgIpc) is 2.39. The largest absolute Gasteiger partial charge is 0.370 e. The number of fused-ring (bicyclic) bond motifs is 1. The fraction of sp³-hybridized carbons (Fsp3) is 0.308. The van der Waals surface area contributed by atoms with Crippen molar-refractivity contribution >= 4 is 29.1 Å². The Morgan fingerprint density at radius 1 is 1.38 bits per heavy atom. The Hall–Kier alpha value is -2.48. The van der Waals surface area contributed by atoms with Crippen LogP contribution in [0.3, 0.4) is 0 Å². The first-order valence-corrected chi connectivity index (χ1v) is 6.34. The number of benzene rings is 1.